The molecule has 1 saturated carbocycles. The number of rotatable bonds is 4. The number of amides is 1. The second kappa shape index (κ2) is 3.77. The fourth-order valence-corrected chi connectivity index (χ4v) is 1.48. The lowest BCUT2D eigenvalue weighted by molar-refractivity contribution is -0.151. The van der Waals surface area contributed by atoms with E-state index in [9.17, 15) is 9.59 Å². The van der Waals surface area contributed by atoms with Crippen LogP contribution in [0.4, 0.5) is 0 Å². The van der Waals surface area contributed by atoms with E-state index in [1.807, 2.05) is 6.92 Å². The highest BCUT2D eigenvalue weighted by Crippen LogP contribution is 2.32. The molecule has 0 aromatic rings. The molecule has 1 fully saturated rings. The normalized spacial score (nSPS) is 18.8. The van der Waals surface area contributed by atoms with Crippen molar-refractivity contribution in [3.63, 3.8) is 0 Å². The van der Waals surface area contributed by atoms with Gasteiger partial charge in [-0.05, 0) is 25.7 Å². The van der Waals surface area contributed by atoms with E-state index < -0.39 is 11.5 Å². The highest BCUT2D eigenvalue weighted by molar-refractivity contribution is 5.87. The molecule has 0 bridgehead atoms. The monoisotopic (exact) mass is 185 g/mol. The summed E-state index contributed by atoms with van der Waals surface area (Å²) in [5.74, 6) is -1.05. The Kier molecular flexibility index (Phi) is 2.90. The molecule has 0 aromatic heterocycles. The molecule has 13 heavy (non-hydrogen) atoms. The topological polar surface area (TPSA) is 66.4 Å². The largest absolute Gasteiger partial charge is 0.480 e. The summed E-state index contributed by atoms with van der Waals surface area (Å²) in [5, 5.41) is 11.5. The summed E-state index contributed by atoms with van der Waals surface area (Å²) < 4.78 is 0. The first-order valence-electron chi connectivity index (χ1n) is 4.65. The molecule has 0 radical (unpaired) electrons. The minimum Gasteiger partial charge on any atom is -0.480 e. The second-order valence-electron chi connectivity index (χ2n) is 3.54. The first-order chi connectivity index (χ1) is 6.10. The number of aliphatic carboxylic acids is 1. The maximum Gasteiger partial charge on any atom is 0.329 e. The minimum atomic E-state index is -0.938. The van der Waals surface area contributed by atoms with Gasteiger partial charge in [0.1, 0.15) is 5.54 Å². The average molecular weight is 185 g/mol. The summed E-state index contributed by atoms with van der Waals surface area (Å²) in [5.41, 5.74) is -0.938. The van der Waals surface area contributed by atoms with Gasteiger partial charge in [0.05, 0.1) is 0 Å². The van der Waals surface area contributed by atoms with Crippen molar-refractivity contribution in [2.24, 2.45) is 0 Å². The van der Waals surface area contributed by atoms with E-state index in [1.54, 1.807) is 0 Å². The number of carboxylic acids is 1. The number of hydrogen-bond donors (Lipinski definition) is 2. The van der Waals surface area contributed by atoms with E-state index in [-0.39, 0.29) is 5.91 Å². The van der Waals surface area contributed by atoms with Gasteiger partial charge in [0, 0.05) is 6.42 Å². The molecular formula is C9H15NO3. The molecule has 1 amide bonds. The zero-order valence-corrected chi connectivity index (χ0v) is 7.80. The summed E-state index contributed by atoms with van der Waals surface area (Å²) in [6.07, 6.45) is 3.19. The van der Waals surface area contributed by atoms with Crippen molar-refractivity contribution in [3.05, 3.63) is 0 Å². The van der Waals surface area contributed by atoms with Gasteiger partial charge in [0.2, 0.25) is 5.91 Å². The van der Waals surface area contributed by atoms with E-state index >= 15 is 0 Å². The molecule has 0 aliphatic heterocycles. The van der Waals surface area contributed by atoms with Crippen molar-refractivity contribution in [3.8, 4) is 0 Å². The van der Waals surface area contributed by atoms with Crippen molar-refractivity contribution in [2.45, 2.75) is 44.6 Å². The van der Waals surface area contributed by atoms with Gasteiger partial charge in [-0.25, -0.2) is 4.79 Å². The summed E-state index contributed by atoms with van der Waals surface area (Å²) >= 11 is 0. The maximum absolute atomic E-state index is 11.2. The van der Waals surface area contributed by atoms with Gasteiger partial charge in [-0.2, -0.15) is 0 Å². The number of hydrogen-bond acceptors (Lipinski definition) is 2. The summed E-state index contributed by atoms with van der Waals surface area (Å²) in [6, 6.07) is 0. The number of nitrogens with one attached hydrogen (secondary N) is 1. The fourth-order valence-electron chi connectivity index (χ4n) is 1.48. The van der Waals surface area contributed by atoms with E-state index in [0.29, 0.717) is 19.3 Å². The number of carboxylic acid groups (broad SMARTS) is 1. The highest BCUT2D eigenvalue weighted by Gasteiger charge is 2.45. The molecule has 4 heteroatoms. The quantitative estimate of drug-likeness (QED) is 0.684. The lowest BCUT2D eigenvalue weighted by atomic mass is 9.76. The van der Waals surface area contributed by atoms with Crippen LogP contribution in [0.25, 0.3) is 0 Å². The van der Waals surface area contributed by atoms with Crippen LogP contribution in [-0.2, 0) is 9.59 Å². The standard InChI is InChI=1S/C9H15NO3/c1-2-4-7(11)10-9(8(12)13)5-3-6-9/h2-6H2,1H3,(H,10,11)(H,12,13). The Hall–Kier alpha value is -1.06. The second-order valence-corrected chi connectivity index (χ2v) is 3.54. The molecule has 0 unspecified atom stereocenters. The SMILES string of the molecule is CCCC(=O)NC1(C(=O)O)CCC1. The van der Waals surface area contributed by atoms with Crippen LogP contribution < -0.4 is 5.32 Å². The van der Waals surface area contributed by atoms with Crippen LogP contribution in [0, 0.1) is 0 Å². The van der Waals surface area contributed by atoms with Crippen molar-refractivity contribution in [2.75, 3.05) is 0 Å². The van der Waals surface area contributed by atoms with Crippen LogP contribution in [0.5, 0.6) is 0 Å². The fraction of sp³-hybridized carbons (Fsp3) is 0.778. The number of carbonyl (C=O) groups is 2. The molecule has 0 heterocycles. The molecule has 1 rings (SSSR count). The third kappa shape index (κ3) is 1.99. The molecule has 2 N–H and O–H groups in total. The van der Waals surface area contributed by atoms with Crippen molar-refractivity contribution >= 4 is 11.9 Å². The predicted molar refractivity (Wildman–Crippen MR) is 47.3 cm³/mol. The Morgan fingerprint density at radius 3 is 2.38 bits per heavy atom. The first kappa shape index (κ1) is 10.0. The van der Waals surface area contributed by atoms with Crippen LogP contribution in [-0.4, -0.2) is 22.5 Å². The van der Waals surface area contributed by atoms with Gasteiger partial charge in [-0.15, -0.1) is 0 Å². The van der Waals surface area contributed by atoms with Gasteiger partial charge in [0.15, 0.2) is 0 Å². The molecule has 0 saturated heterocycles. The van der Waals surface area contributed by atoms with Crippen LogP contribution in [0.2, 0.25) is 0 Å². The molecule has 1 aliphatic rings. The lowest BCUT2D eigenvalue weighted by Crippen LogP contribution is -2.59. The van der Waals surface area contributed by atoms with Crippen LogP contribution >= 0.6 is 0 Å². The average Bonchev–Trinajstić information content (AvgIpc) is 1.96. The molecule has 4 nitrogen and oxygen atoms in total. The highest BCUT2D eigenvalue weighted by atomic mass is 16.4. The Morgan fingerprint density at radius 2 is 2.08 bits per heavy atom. The Labute approximate surface area is 77.3 Å². The predicted octanol–water partition coefficient (Wildman–Crippen LogP) is 0.910. The summed E-state index contributed by atoms with van der Waals surface area (Å²) in [6.45, 7) is 1.90. The van der Waals surface area contributed by atoms with E-state index in [0.717, 1.165) is 12.8 Å². The Morgan fingerprint density at radius 1 is 1.46 bits per heavy atom. The lowest BCUT2D eigenvalue weighted by Gasteiger charge is -2.38. The molecular weight excluding hydrogens is 170 g/mol. The maximum atomic E-state index is 11.2. The molecule has 0 aromatic carbocycles. The van der Waals surface area contributed by atoms with Crippen LogP contribution in [0.1, 0.15) is 39.0 Å². The van der Waals surface area contributed by atoms with Crippen LogP contribution in [0.15, 0.2) is 0 Å². The smallest absolute Gasteiger partial charge is 0.329 e. The number of carbonyl (C=O) groups excluding carboxylic acids is 1. The minimum absolute atomic E-state index is 0.149. The van der Waals surface area contributed by atoms with Crippen molar-refractivity contribution in [1.82, 2.24) is 5.32 Å². The Balaban J connectivity index is 2.49. The van der Waals surface area contributed by atoms with E-state index in [1.165, 1.54) is 0 Å². The zero-order chi connectivity index (χ0) is 9.90. The summed E-state index contributed by atoms with van der Waals surface area (Å²) in [4.78, 5) is 22.0. The van der Waals surface area contributed by atoms with Gasteiger partial charge in [0.25, 0.3) is 0 Å². The third-order valence-corrected chi connectivity index (χ3v) is 2.47. The van der Waals surface area contributed by atoms with Crippen molar-refractivity contribution in [1.29, 1.82) is 0 Å². The van der Waals surface area contributed by atoms with E-state index in [2.05, 4.69) is 5.32 Å². The van der Waals surface area contributed by atoms with Gasteiger partial charge >= 0.3 is 5.97 Å². The molecule has 1 aliphatic carbocycles. The van der Waals surface area contributed by atoms with Crippen LogP contribution in [0.3, 0.4) is 0 Å². The van der Waals surface area contributed by atoms with Gasteiger partial charge < -0.3 is 10.4 Å². The van der Waals surface area contributed by atoms with Gasteiger partial charge in [-0.1, -0.05) is 6.92 Å². The molecule has 0 spiro atoms. The Bertz CT molecular complexity index is 221. The first-order valence-corrected chi connectivity index (χ1v) is 4.65. The molecule has 74 valence electrons. The van der Waals surface area contributed by atoms with Crippen molar-refractivity contribution < 1.29 is 14.7 Å². The van der Waals surface area contributed by atoms with E-state index in [4.69, 9.17) is 5.11 Å². The molecule has 0 atom stereocenters. The summed E-state index contributed by atoms with van der Waals surface area (Å²) in [7, 11) is 0. The zero-order valence-electron chi connectivity index (χ0n) is 7.80. The third-order valence-electron chi connectivity index (χ3n) is 2.47. The van der Waals surface area contributed by atoms with Gasteiger partial charge in [-0.3, -0.25) is 4.79 Å².